The van der Waals surface area contributed by atoms with Crippen molar-refractivity contribution in [3.05, 3.63) is 66.1 Å². The Kier molecular flexibility index (Phi) is 5.56. The van der Waals surface area contributed by atoms with Gasteiger partial charge in [-0.2, -0.15) is 0 Å². The highest BCUT2D eigenvalue weighted by Gasteiger charge is 2.07. The van der Waals surface area contributed by atoms with Crippen LogP contribution in [0.15, 0.2) is 64.2 Å². The van der Waals surface area contributed by atoms with Gasteiger partial charge in [-0.05, 0) is 36.8 Å². The average Bonchev–Trinajstić information content (AvgIpc) is 3.31. The van der Waals surface area contributed by atoms with Gasteiger partial charge >= 0.3 is 0 Å². The number of nitrogens with one attached hydrogen (secondary N) is 2. The van der Waals surface area contributed by atoms with Crippen molar-refractivity contribution in [2.75, 3.05) is 24.5 Å². The largest absolute Gasteiger partial charge is 0.467 e. The topological polar surface area (TPSA) is 52.8 Å². The monoisotopic (exact) mass is 324 g/mol. The zero-order chi connectivity index (χ0) is 16.6. The van der Waals surface area contributed by atoms with Crippen LogP contribution >= 0.6 is 0 Å². The highest BCUT2D eigenvalue weighted by atomic mass is 16.3. The fraction of sp³-hybridized carbons (Fsp3) is 0.316. The van der Waals surface area contributed by atoms with E-state index in [1.54, 1.807) is 6.26 Å². The molecule has 126 valence electrons. The zero-order valence-corrected chi connectivity index (χ0v) is 14.0. The third kappa shape index (κ3) is 4.41. The van der Waals surface area contributed by atoms with Gasteiger partial charge in [0.25, 0.3) is 0 Å². The first-order valence-corrected chi connectivity index (χ1v) is 8.38. The SMILES string of the molecule is CCNC(=NCc1ccc(N2CC=CC2)cc1)NCc1ccco1. The summed E-state index contributed by atoms with van der Waals surface area (Å²) in [6, 6.07) is 12.5. The van der Waals surface area contributed by atoms with E-state index in [0.29, 0.717) is 13.1 Å². The van der Waals surface area contributed by atoms with E-state index in [2.05, 4.69) is 63.9 Å². The minimum absolute atomic E-state index is 0.625. The van der Waals surface area contributed by atoms with E-state index in [0.717, 1.165) is 31.4 Å². The molecular formula is C19H24N4O. The van der Waals surface area contributed by atoms with E-state index in [1.165, 1.54) is 11.3 Å². The first kappa shape index (κ1) is 16.2. The van der Waals surface area contributed by atoms with E-state index >= 15 is 0 Å². The van der Waals surface area contributed by atoms with Crippen molar-refractivity contribution in [3.63, 3.8) is 0 Å². The molecule has 24 heavy (non-hydrogen) atoms. The minimum atomic E-state index is 0.625. The fourth-order valence-corrected chi connectivity index (χ4v) is 2.60. The van der Waals surface area contributed by atoms with Crippen molar-refractivity contribution >= 4 is 11.6 Å². The lowest BCUT2D eigenvalue weighted by atomic mass is 10.2. The minimum Gasteiger partial charge on any atom is -0.467 e. The van der Waals surface area contributed by atoms with Crippen LogP contribution in [0.2, 0.25) is 0 Å². The molecule has 0 saturated carbocycles. The van der Waals surface area contributed by atoms with Gasteiger partial charge in [0.15, 0.2) is 5.96 Å². The summed E-state index contributed by atoms with van der Waals surface area (Å²) in [5.74, 6) is 1.69. The Morgan fingerprint density at radius 2 is 1.92 bits per heavy atom. The third-order valence-electron chi connectivity index (χ3n) is 3.89. The predicted octanol–water partition coefficient (Wildman–Crippen LogP) is 2.91. The average molecular weight is 324 g/mol. The summed E-state index contributed by atoms with van der Waals surface area (Å²) < 4.78 is 5.33. The highest BCUT2D eigenvalue weighted by Crippen LogP contribution is 2.17. The first-order valence-electron chi connectivity index (χ1n) is 8.38. The Morgan fingerprint density at radius 3 is 2.58 bits per heavy atom. The molecule has 0 amide bonds. The maximum absolute atomic E-state index is 5.33. The van der Waals surface area contributed by atoms with Crippen molar-refractivity contribution in [3.8, 4) is 0 Å². The van der Waals surface area contributed by atoms with Gasteiger partial charge in [0.05, 0.1) is 19.4 Å². The summed E-state index contributed by atoms with van der Waals surface area (Å²) in [6.07, 6.45) is 6.08. The second-order valence-corrected chi connectivity index (χ2v) is 5.67. The summed E-state index contributed by atoms with van der Waals surface area (Å²) in [6.45, 7) is 6.15. The molecule has 2 heterocycles. The predicted molar refractivity (Wildman–Crippen MR) is 98.2 cm³/mol. The normalized spacial score (nSPS) is 14.2. The summed E-state index contributed by atoms with van der Waals surface area (Å²) in [4.78, 5) is 6.97. The van der Waals surface area contributed by atoms with E-state index < -0.39 is 0 Å². The number of hydrogen-bond donors (Lipinski definition) is 2. The standard InChI is InChI=1S/C19H24N4O/c1-2-20-19(22-15-18-6-5-13-24-18)21-14-16-7-9-17(10-8-16)23-11-3-4-12-23/h3-10,13H,2,11-12,14-15H2,1H3,(H2,20,21,22). The summed E-state index contributed by atoms with van der Waals surface area (Å²) in [5, 5.41) is 6.53. The van der Waals surface area contributed by atoms with Crippen molar-refractivity contribution in [2.24, 2.45) is 4.99 Å². The number of anilines is 1. The molecule has 1 aromatic carbocycles. The maximum atomic E-state index is 5.33. The Bertz CT molecular complexity index is 666. The number of hydrogen-bond acceptors (Lipinski definition) is 3. The number of benzene rings is 1. The lowest BCUT2D eigenvalue weighted by molar-refractivity contribution is 0.501. The number of furan rings is 1. The van der Waals surface area contributed by atoms with Gasteiger partial charge in [0, 0.05) is 25.3 Å². The van der Waals surface area contributed by atoms with Gasteiger partial charge in [-0.15, -0.1) is 0 Å². The van der Waals surface area contributed by atoms with Gasteiger partial charge < -0.3 is 20.0 Å². The zero-order valence-electron chi connectivity index (χ0n) is 14.0. The van der Waals surface area contributed by atoms with Gasteiger partial charge in [-0.25, -0.2) is 4.99 Å². The molecule has 1 aliphatic rings. The Labute approximate surface area is 143 Å². The Balaban J connectivity index is 1.56. The Hall–Kier alpha value is -2.69. The molecule has 1 aliphatic heterocycles. The van der Waals surface area contributed by atoms with E-state index in [-0.39, 0.29) is 0 Å². The van der Waals surface area contributed by atoms with Crippen LogP contribution < -0.4 is 15.5 Å². The van der Waals surface area contributed by atoms with Gasteiger partial charge in [-0.3, -0.25) is 0 Å². The molecule has 0 radical (unpaired) electrons. The third-order valence-corrected chi connectivity index (χ3v) is 3.89. The highest BCUT2D eigenvalue weighted by molar-refractivity contribution is 5.79. The van der Waals surface area contributed by atoms with Gasteiger partial charge in [0.1, 0.15) is 5.76 Å². The van der Waals surface area contributed by atoms with Crippen LogP contribution in [0, 0.1) is 0 Å². The van der Waals surface area contributed by atoms with E-state index in [9.17, 15) is 0 Å². The molecule has 0 bridgehead atoms. The van der Waals surface area contributed by atoms with E-state index in [4.69, 9.17) is 4.42 Å². The van der Waals surface area contributed by atoms with Crippen LogP contribution in [-0.4, -0.2) is 25.6 Å². The van der Waals surface area contributed by atoms with Crippen LogP contribution in [0.1, 0.15) is 18.2 Å². The second kappa shape index (κ2) is 8.24. The first-order chi connectivity index (χ1) is 11.8. The number of guanidine groups is 1. The molecule has 0 fully saturated rings. The number of aliphatic imine (C=N–C) groups is 1. The van der Waals surface area contributed by atoms with Crippen LogP contribution in [0.5, 0.6) is 0 Å². The van der Waals surface area contributed by atoms with Crippen LogP contribution in [-0.2, 0) is 13.1 Å². The molecular weight excluding hydrogens is 300 g/mol. The molecule has 0 unspecified atom stereocenters. The van der Waals surface area contributed by atoms with Crippen molar-refractivity contribution in [1.82, 2.24) is 10.6 Å². The molecule has 2 aromatic rings. The molecule has 0 spiro atoms. The quantitative estimate of drug-likeness (QED) is 0.487. The van der Waals surface area contributed by atoms with Crippen molar-refractivity contribution < 1.29 is 4.42 Å². The molecule has 2 N–H and O–H groups in total. The molecule has 5 nitrogen and oxygen atoms in total. The van der Waals surface area contributed by atoms with Crippen LogP contribution in [0.25, 0.3) is 0 Å². The molecule has 0 saturated heterocycles. The molecule has 3 rings (SSSR count). The summed E-state index contributed by atoms with van der Waals surface area (Å²) in [7, 11) is 0. The summed E-state index contributed by atoms with van der Waals surface area (Å²) in [5.41, 5.74) is 2.46. The maximum Gasteiger partial charge on any atom is 0.191 e. The Morgan fingerprint density at radius 1 is 1.12 bits per heavy atom. The number of nitrogens with zero attached hydrogens (tertiary/aromatic N) is 2. The lowest BCUT2D eigenvalue weighted by Gasteiger charge is -2.17. The van der Waals surface area contributed by atoms with Crippen LogP contribution in [0.4, 0.5) is 5.69 Å². The molecule has 5 heteroatoms. The fourth-order valence-electron chi connectivity index (χ4n) is 2.60. The number of rotatable bonds is 6. The summed E-state index contributed by atoms with van der Waals surface area (Å²) >= 11 is 0. The van der Waals surface area contributed by atoms with Crippen molar-refractivity contribution in [2.45, 2.75) is 20.0 Å². The van der Waals surface area contributed by atoms with Crippen molar-refractivity contribution in [1.29, 1.82) is 0 Å². The smallest absolute Gasteiger partial charge is 0.191 e. The molecule has 0 atom stereocenters. The second-order valence-electron chi connectivity index (χ2n) is 5.67. The van der Waals surface area contributed by atoms with E-state index in [1.807, 2.05) is 12.1 Å². The molecule has 1 aromatic heterocycles. The lowest BCUT2D eigenvalue weighted by Crippen LogP contribution is -2.36. The van der Waals surface area contributed by atoms with Gasteiger partial charge in [0.2, 0.25) is 0 Å². The van der Waals surface area contributed by atoms with Gasteiger partial charge in [-0.1, -0.05) is 24.3 Å². The van der Waals surface area contributed by atoms with Crippen LogP contribution in [0.3, 0.4) is 0 Å². The molecule has 0 aliphatic carbocycles.